The van der Waals surface area contributed by atoms with Gasteiger partial charge in [-0.1, -0.05) is 6.07 Å². The van der Waals surface area contributed by atoms with Gasteiger partial charge in [-0.3, -0.25) is 4.18 Å². The molecule has 0 aromatic carbocycles. The monoisotopic (exact) mass is 424 g/mol. The van der Waals surface area contributed by atoms with Crippen LogP contribution in [0.5, 0.6) is 0 Å². The van der Waals surface area contributed by atoms with Crippen molar-refractivity contribution >= 4 is 31.9 Å². The van der Waals surface area contributed by atoms with E-state index in [1.165, 1.54) is 0 Å². The molecule has 2 rings (SSSR count). The average molecular weight is 425 g/mol. The largest absolute Gasteiger partial charge is 0.371 e. The summed E-state index contributed by atoms with van der Waals surface area (Å²) in [5.41, 5.74) is 0. The Morgan fingerprint density at radius 3 is 2.58 bits per heavy atom. The third-order valence-electron chi connectivity index (χ3n) is 3.35. The molecule has 8 nitrogen and oxygen atoms in total. The highest BCUT2D eigenvalue weighted by Crippen LogP contribution is 2.23. The predicted molar refractivity (Wildman–Crippen MR) is 91.4 cm³/mol. The van der Waals surface area contributed by atoms with Gasteiger partial charge in [0.15, 0.2) is 0 Å². The Kier molecular flexibility index (Phi) is 7.38. The SMILES string of the molecule is COCO[C@@H]1CN(c2cccc(Br)n2)C[C@H]1OCCOS(C)(=O)=O. The molecule has 1 aliphatic rings. The quantitative estimate of drug-likeness (QED) is 0.251. The zero-order chi connectivity index (χ0) is 17.6. The van der Waals surface area contributed by atoms with E-state index in [1.54, 1.807) is 7.11 Å². The van der Waals surface area contributed by atoms with Crippen LogP contribution < -0.4 is 4.90 Å². The fraction of sp³-hybridized carbons (Fsp3) is 0.643. The first-order valence-corrected chi connectivity index (χ1v) is 9.94. The van der Waals surface area contributed by atoms with Gasteiger partial charge >= 0.3 is 0 Å². The fourth-order valence-corrected chi connectivity index (χ4v) is 3.07. The highest BCUT2D eigenvalue weighted by Gasteiger charge is 2.35. The molecule has 136 valence electrons. The Hall–Kier alpha value is -0.780. The number of hydrogen-bond donors (Lipinski definition) is 0. The third-order valence-corrected chi connectivity index (χ3v) is 4.39. The van der Waals surface area contributed by atoms with E-state index in [0.717, 1.165) is 16.7 Å². The van der Waals surface area contributed by atoms with E-state index in [0.29, 0.717) is 13.1 Å². The van der Waals surface area contributed by atoms with Crippen molar-refractivity contribution in [3.05, 3.63) is 22.8 Å². The molecule has 0 radical (unpaired) electrons. The van der Waals surface area contributed by atoms with Crippen molar-refractivity contribution in [3.63, 3.8) is 0 Å². The first kappa shape index (κ1) is 19.5. The summed E-state index contributed by atoms with van der Waals surface area (Å²) in [7, 11) is -1.91. The van der Waals surface area contributed by atoms with E-state index in [-0.39, 0.29) is 32.2 Å². The lowest BCUT2D eigenvalue weighted by Crippen LogP contribution is -2.31. The second-order valence-corrected chi connectivity index (χ2v) is 7.73. The molecule has 2 atom stereocenters. The molecule has 0 N–H and O–H groups in total. The average Bonchev–Trinajstić information content (AvgIpc) is 2.92. The predicted octanol–water partition coefficient (Wildman–Crippen LogP) is 1.01. The van der Waals surface area contributed by atoms with E-state index in [9.17, 15) is 8.42 Å². The van der Waals surface area contributed by atoms with E-state index >= 15 is 0 Å². The number of ether oxygens (including phenoxy) is 3. The molecule has 0 unspecified atom stereocenters. The summed E-state index contributed by atoms with van der Waals surface area (Å²) in [6, 6.07) is 5.67. The standard InChI is InChI=1S/C14H21BrN2O6S/c1-20-10-22-12-9-17(14-5-3-4-13(15)16-14)8-11(12)21-6-7-23-24(2,18)19/h3-5,11-12H,6-10H2,1-2H3/t11-,12-/m1/s1. The van der Waals surface area contributed by atoms with Gasteiger partial charge in [0.2, 0.25) is 0 Å². The van der Waals surface area contributed by atoms with Crippen LogP contribution in [-0.2, 0) is 28.5 Å². The Labute approximate surface area is 150 Å². The minimum Gasteiger partial charge on any atom is -0.371 e. The molecule has 1 saturated heterocycles. The number of methoxy groups -OCH3 is 1. The van der Waals surface area contributed by atoms with Gasteiger partial charge in [0, 0.05) is 20.2 Å². The summed E-state index contributed by atoms with van der Waals surface area (Å²) in [6.45, 7) is 1.47. The van der Waals surface area contributed by atoms with Crippen molar-refractivity contribution < 1.29 is 26.8 Å². The topological polar surface area (TPSA) is 87.2 Å². The van der Waals surface area contributed by atoms with Gasteiger partial charge in [-0.2, -0.15) is 8.42 Å². The summed E-state index contributed by atoms with van der Waals surface area (Å²) in [5, 5.41) is 0. The smallest absolute Gasteiger partial charge is 0.264 e. The summed E-state index contributed by atoms with van der Waals surface area (Å²) >= 11 is 3.36. The van der Waals surface area contributed by atoms with Crippen LogP contribution in [0.2, 0.25) is 0 Å². The molecule has 10 heteroatoms. The van der Waals surface area contributed by atoms with Crippen LogP contribution in [-0.4, -0.2) is 72.1 Å². The second kappa shape index (κ2) is 9.07. The lowest BCUT2D eigenvalue weighted by Gasteiger charge is -2.18. The minimum absolute atomic E-state index is 0.0263. The molecular weight excluding hydrogens is 404 g/mol. The maximum Gasteiger partial charge on any atom is 0.264 e. The number of rotatable bonds is 9. The van der Waals surface area contributed by atoms with E-state index in [2.05, 4.69) is 25.1 Å². The van der Waals surface area contributed by atoms with Crippen LogP contribution in [0.4, 0.5) is 5.82 Å². The summed E-state index contributed by atoms with van der Waals surface area (Å²) < 4.78 is 43.7. The normalized spacial score (nSPS) is 21.4. The van der Waals surface area contributed by atoms with Crippen molar-refractivity contribution in [1.82, 2.24) is 4.98 Å². The Bertz CT molecular complexity index is 629. The summed E-state index contributed by atoms with van der Waals surface area (Å²) in [6.07, 6.45) is 0.571. The molecule has 24 heavy (non-hydrogen) atoms. The van der Waals surface area contributed by atoms with Gasteiger partial charge in [0.05, 0.1) is 19.5 Å². The Morgan fingerprint density at radius 2 is 1.96 bits per heavy atom. The number of anilines is 1. The van der Waals surface area contributed by atoms with Gasteiger partial charge in [0.25, 0.3) is 10.1 Å². The highest BCUT2D eigenvalue weighted by molar-refractivity contribution is 9.10. The van der Waals surface area contributed by atoms with Gasteiger partial charge < -0.3 is 19.1 Å². The fourth-order valence-electron chi connectivity index (χ4n) is 2.37. The highest BCUT2D eigenvalue weighted by atomic mass is 79.9. The lowest BCUT2D eigenvalue weighted by atomic mass is 10.2. The van der Waals surface area contributed by atoms with Gasteiger partial charge in [-0.25, -0.2) is 4.98 Å². The van der Waals surface area contributed by atoms with E-state index in [4.69, 9.17) is 14.2 Å². The van der Waals surface area contributed by atoms with Crippen molar-refractivity contribution in [1.29, 1.82) is 0 Å². The summed E-state index contributed by atoms with van der Waals surface area (Å²) in [5.74, 6) is 0.814. The second-order valence-electron chi connectivity index (χ2n) is 5.27. The maximum atomic E-state index is 11.0. The van der Waals surface area contributed by atoms with Crippen molar-refractivity contribution in [2.24, 2.45) is 0 Å². The van der Waals surface area contributed by atoms with Crippen molar-refractivity contribution in [2.45, 2.75) is 12.2 Å². The van der Waals surface area contributed by atoms with Gasteiger partial charge in [-0.05, 0) is 28.1 Å². The van der Waals surface area contributed by atoms with Crippen LogP contribution >= 0.6 is 15.9 Å². The van der Waals surface area contributed by atoms with Crippen LogP contribution in [0.15, 0.2) is 22.8 Å². The molecule has 1 aliphatic heterocycles. The number of halogens is 1. The minimum atomic E-state index is -3.46. The zero-order valence-corrected chi connectivity index (χ0v) is 16.0. The van der Waals surface area contributed by atoms with Crippen LogP contribution in [0.1, 0.15) is 0 Å². The Balaban J connectivity index is 1.93. The molecule has 1 aromatic rings. The maximum absolute atomic E-state index is 11.0. The van der Waals surface area contributed by atoms with Gasteiger partial charge in [-0.15, -0.1) is 0 Å². The molecule has 0 bridgehead atoms. The van der Waals surface area contributed by atoms with Crippen molar-refractivity contribution in [3.8, 4) is 0 Å². The molecule has 0 saturated carbocycles. The lowest BCUT2D eigenvalue weighted by molar-refractivity contribution is -0.111. The molecule has 0 spiro atoms. The first-order chi connectivity index (χ1) is 11.4. The molecule has 1 aromatic heterocycles. The van der Waals surface area contributed by atoms with Gasteiger partial charge in [0.1, 0.15) is 29.4 Å². The number of pyridine rings is 1. The van der Waals surface area contributed by atoms with E-state index < -0.39 is 10.1 Å². The molecule has 0 amide bonds. The number of hydrogen-bond acceptors (Lipinski definition) is 8. The zero-order valence-electron chi connectivity index (χ0n) is 13.6. The van der Waals surface area contributed by atoms with Crippen LogP contribution in [0.25, 0.3) is 0 Å². The van der Waals surface area contributed by atoms with Crippen molar-refractivity contribution in [2.75, 3.05) is 51.4 Å². The Morgan fingerprint density at radius 1 is 1.25 bits per heavy atom. The molecular formula is C14H21BrN2O6S. The first-order valence-electron chi connectivity index (χ1n) is 7.33. The van der Waals surface area contributed by atoms with Crippen LogP contribution in [0, 0.1) is 0 Å². The van der Waals surface area contributed by atoms with Crippen LogP contribution in [0.3, 0.4) is 0 Å². The summed E-state index contributed by atoms with van der Waals surface area (Å²) in [4.78, 5) is 6.48. The number of aromatic nitrogens is 1. The van der Waals surface area contributed by atoms with E-state index in [1.807, 2.05) is 23.1 Å². The number of nitrogens with zero attached hydrogens (tertiary/aromatic N) is 2. The molecule has 0 aliphatic carbocycles. The molecule has 1 fully saturated rings. The third kappa shape index (κ3) is 6.26. The molecule has 2 heterocycles.